The molecule has 0 unspecified atom stereocenters. The highest BCUT2D eigenvalue weighted by Crippen LogP contribution is 2.35. The predicted octanol–water partition coefficient (Wildman–Crippen LogP) is 6.08. The van der Waals surface area contributed by atoms with Gasteiger partial charge >= 0.3 is 5.97 Å². The lowest BCUT2D eigenvalue weighted by Gasteiger charge is -2.16. The quantitative estimate of drug-likeness (QED) is 0.419. The average molecular weight is 444 g/mol. The van der Waals surface area contributed by atoms with E-state index in [2.05, 4.69) is 5.32 Å². The van der Waals surface area contributed by atoms with Gasteiger partial charge in [0, 0.05) is 23.3 Å². The van der Waals surface area contributed by atoms with Crippen molar-refractivity contribution in [3.63, 3.8) is 0 Å². The van der Waals surface area contributed by atoms with Crippen molar-refractivity contribution in [2.24, 2.45) is 0 Å². The first kappa shape index (κ1) is 22.4. The first-order chi connectivity index (χ1) is 14.9. The van der Waals surface area contributed by atoms with Gasteiger partial charge in [-0.15, -0.1) is 0 Å². The molecule has 0 saturated heterocycles. The number of benzene rings is 3. The lowest BCUT2D eigenvalue weighted by molar-refractivity contribution is 0.0697. The summed E-state index contributed by atoms with van der Waals surface area (Å²) in [5.41, 5.74) is 3.50. The monoisotopic (exact) mass is 443 g/mol. The van der Waals surface area contributed by atoms with E-state index >= 15 is 0 Å². The number of halogens is 2. The number of nitrogens with one attached hydrogen (secondary N) is 1. The van der Waals surface area contributed by atoms with Crippen LogP contribution in [0.2, 0.25) is 5.02 Å². The molecule has 0 aliphatic rings. The predicted molar refractivity (Wildman–Crippen MR) is 119 cm³/mol. The summed E-state index contributed by atoms with van der Waals surface area (Å²) < 4.78 is 24.7. The zero-order valence-corrected chi connectivity index (χ0v) is 18.0. The van der Waals surface area contributed by atoms with E-state index in [0.717, 1.165) is 22.4 Å². The number of hydrogen-bond donors (Lipinski definition) is 2. The van der Waals surface area contributed by atoms with E-state index in [9.17, 15) is 9.18 Å². The Bertz CT molecular complexity index is 1070. The highest BCUT2D eigenvalue weighted by atomic mass is 35.5. The molecule has 0 aromatic heterocycles. The van der Waals surface area contributed by atoms with Gasteiger partial charge in [-0.1, -0.05) is 23.7 Å². The summed E-state index contributed by atoms with van der Waals surface area (Å²) in [7, 11) is 0. The smallest absolute Gasteiger partial charge is 0.335 e. The lowest BCUT2D eigenvalue weighted by atomic mass is 10.1. The molecule has 31 heavy (non-hydrogen) atoms. The Hall–Kier alpha value is -3.25. The van der Waals surface area contributed by atoms with E-state index in [1.807, 2.05) is 19.9 Å². The number of ether oxygens (including phenoxy) is 2. The van der Waals surface area contributed by atoms with Gasteiger partial charge in [0.1, 0.15) is 12.4 Å². The fourth-order valence-electron chi connectivity index (χ4n) is 3.02. The molecule has 3 rings (SSSR count). The number of aryl methyl sites for hydroxylation is 1. The Morgan fingerprint density at radius 1 is 1.06 bits per heavy atom. The summed E-state index contributed by atoms with van der Waals surface area (Å²) in [6.45, 7) is 4.85. The Morgan fingerprint density at radius 2 is 1.77 bits per heavy atom. The number of carboxylic acids is 1. The van der Waals surface area contributed by atoms with Crippen LogP contribution in [0.1, 0.15) is 34.0 Å². The van der Waals surface area contributed by atoms with Crippen LogP contribution < -0.4 is 14.8 Å². The van der Waals surface area contributed by atoms with Crippen molar-refractivity contribution in [3.05, 3.63) is 87.7 Å². The number of anilines is 1. The zero-order valence-electron chi connectivity index (χ0n) is 17.2. The van der Waals surface area contributed by atoms with Crippen LogP contribution in [0, 0.1) is 12.7 Å². The standard InChI is InChI=1S/C24H23ClFNO4/c1-3-30-22-11-18(13-27-21-9-6-17(24(28)29)10-15(21)2)20(25)12-23(22)31-14-16-4-7-19(26)8-5-16/h4-12,27H,3,13-14H2,1-2H3,(H,28,29). The van der Waals surface area contributed by atoms with E-state index in [1.54, 1.807) is 36.4 Å². The topological polar surface area (TPSA) is 67.8 Å². The number of carboxylic acid groups (broad SMARTS) is 1. The summed E-state index contributed by atoms with van der Waals surface area (Å²) in [5, 5.41) is 12.9. The molecule has 0 amide bonds. The Morgan fingerprint density at radius 3 is 2.42 bits per heavy atom. The number of carbonyl (C=O) groups is 1. The fraction of sp³-hybridized carbons (Fsp3) is 0.208. The summed E-state index contributed by atoms with van der Waals surface area (Å²) in [6, 6.07) is 14.5. The summed E-state index contributed by atoms with van der Waals surface area (Å²) in [5.74, 6) is -0.201. The highest BCUT2D eigenvalue weighted by Gasteiger charge is 2.13. The highest BCUT2D eigenvalue weighted by molar-refractivity contribution is 6.31. The molecule has 0 saturated carbocycles. The maximum absolute atomic E-state index is 13.1. The molecular weight excluding hydrogens is 421 g/mol. The number of hydrogen-bond acceptors (Lipinski definition) is 4. The van der Waals surface area contributed by atoms with Gasteiger partial charge in [-0.25, -0.2) is 9.18 Å². The van der Waals surface area contributed by atoms with Gasteiger partial charge in [-0.3, -0.25) is 0 Å². The maximum Gasteiger partial charge on any atom is 0.335 e. The second-order valence-corrected chi connectivity index (χ2v) is 7.33. The van der Waals surface area contributed by atoms with Crippen LogP contribution in [0.5, 0.6) is 11.5 Å². The first-order valence-electron chi connectivity index (χ1n) is 9.77. The Labute approximate surface area is 185 Å². The average Bonchev–Trinajstić information content (AvgIpc) is 2.74. The van der Waals surface area contributed by atoms with Gasteiger partial charge in [0.2, 0.25) is 0 Å². The molecule has 0 radical (unpaired) electrons. The molecule has 0 aliphatic heterocycles. The molecule has 0 spiro atoms. The van der Waals surface area contributed by atoms with Crippen LogP contribution >= 0.6 is 11.6 Å². The molecular formula is C24H23ClFNO4. The van der Waals surface area contributed by atoms with Gasteiger partial charge in [0.25, 0.3) is 0 Å². The molecule has 3 aromatic rings. The van der Waals surface area contributed by atoms with Crippen molar-refractivity contribution in [3.8, 4) is 11.5 Å². The van der Waals surface area contributed by atoms with Crippen LogP contribution in [0.4, 0.5) is 10.1 Å². The number of aromatic carboxylic acids is 1. The third kappa shape index (κ3) is 5.89. The van der Waals surface area contributed by atoms with Crippen molar-refractivity contribution >= 4 is 23.3 Å². The minimum absolute atomic E-state index is 0.238. The Balaban J connectivity index is 1.74. The van der Waals surface area contributed by atoms with Crippen LogP contribution in [0.25, 0.3) is 0 Å². The molecule has 162 valence electrons. The molecule has 0 heterocycles. The normalized spacial score (nSPS) is 10.6. The SMILES string of the molecule is CCOc1cc(CNc2ccc(C(=O)O)cc2C)c(Cl)cc1OCc1ccc(F)cc1. The molecule has 0 atom stereocenters. The summed E-state index contributed by atoms with van der Waals surface area (Å²) >= 11 is 6.47. The Kier molecular flexibility index (Phi) is 7.36. The molecule has 0 aliphatic carbocycles. The third-order valence-corrected chi connectivity index (χ3v) is 5.01. The van der Waals surface area contributed by atoms with Gasteiger partial charge in [0.05, 0.1) is 12.2 Å². The van der Waals surface area contributed by atoms with Crippen molar-refractivity contribution in [2.75, 3.05) is 11.9 Å². The molecule has 5 nitrogen and oxygen atoms in total. The van der Waals surface area contributed by atoms with Gasteiger partial charge < -0.3 is 19.9 Å². The summed E-state index contributed by atoms with van der Waals surface area (Å²) in [4.78, 5) is 11.1. The first-order valence-corrected chi connectivity index (χ1v) is 10.2. The van der Waals surface area contributed by atoms with Crippen molar-refractivity contribution < 1.29 is 23.8 Å². The molecule has 0 fully saturated rings. The molecule has 3 aromatic carbocycles. The fourth-order valence-corrected chi connectivity index (χ4v) is 3.24. The van der Waals surface area contributed by atoms with Crippen LogP contribution in [-0.4, -0.2) is 17.7 Å². The van der Waals surface area contributed by atoms with Crippen molar-refractivity contribution in [1.29, 1.82) is 0 Å². The van der Waals surface area contributed by atoms with Gasteiger partial charge in [0.15, 0.2) is 11.5 Å². The van der Waals surface area contributed by atoms with E-state index in [4.69, 9.17) is 26.2 Å². The molecule has 2 N–H and O–H groups in total. The molecule has 7 heteroatoms. The maximum atomic E-state index is 13.1. The van der Waals surface area contributed by atoms with Crippen LogP contribution in [-0.2, 0) is 13.2 Å². The molecule has 0 bridgehead atoms. The minimum Gasteiger partial charge on any atom is -0.490 e. The second-order valence-electron chi connectivity index (χ2n) is 6.93. The van der Waals surface area contributed by atoms with Crippen LogP contribution in [0.15, 0.2) is 54.6 Å². The van der Waals surface area contributed by atoms with Crippen LogP contribution in [0.3, 0.4) is 0 Å². The second kappa shape index (κ2) is 10.2. The van der Waals surface area contributed by atoms with Crippen molar-refractivity contribution in [1.82, 2.24) is 0 Å². The number of rotatable bonds is 9. The van der Waals surface area contributed by atoms with E-state index in [-0.39, 0.29) is 18.0 Å². The van der Waals surface area contributed by atoms with E-state index in [0.29, 0.717) is 29.7 Å². The third-order valence-electron chi connectivity index (χ3n) is 4.66. The lowest BCUT2D eigenvalue weighted by Crippen LogP contribution is -2.05. The van der Waals surface area contributed by atoms with E-state index < -0.39 is 5.97 Å². The summed E-state index contributed by atoms with van der Waals surface area (Å²) in [6.07, 6.45) is 0. The largest absolute Gasteiger partial charge is 0.490 e. The van der Waals surface area contributed by atoms with Crippen molar-refractivity contribution in [2.45, 2.75) is 27.0 Å². The zero-order chi connectivity index (χ0) is 22.4. The van der Waals surface area contributed by atoms with Gasteiger partial charge in [-0.05, 0) is 66.9 Å². The minimum atomic E-state index is -0.963. The van der Waals surface area contributed by atoms with E-state index in [1.165, 1.54) is 12.1 Å². The van der Waals surface area contributed by atoms with Gasteiger partial charge in [-0.2, -0.15) is 0 Å².